The average molecular weight is 249 g/mol. The van der Waals surface area contributed by atoms with E-state index in [1.54, 1.807) is 11.3 Å². The molecule has 1 fully saturated rings. The molecule has 1 aliphatic heterocycles. The van der Waals surface area contributed by atoms with Crippen LogP contribution in [0.1, 0.15) is 35.9 Å². The van der Waals surface area contributed by atoms with E-state index in [1.807, 2.05) is 6.07 Å². The van der Waals surface area contributed by atoms with Crippen LogP contribution in [0.3, 0.4) is 0 Å². The van der Waals surface area contributed by atoms with Gasteiger partial charge in [0, 0.05) is 17.3 Å². The summed E-state index contributed by atoms with van der Waals surface area (Å²) >= 11 is 1.73. The van der Waals surface area contributed by atoms with Gasteiger partial charge in [0.05, 0.1) is 5.92 Å². The molecular weight excluding hydrogens is 234 g/mol. The summed E-state index contributed by atoms with van der Waals surface area (Å²) in [6, 6.07) is 4.58. The summed E-state index contributed by atoms with van der Waals surface area (Å²) in [7, 11) is 0. The molecule has 0 aromatic carbocycles. The van der Waals surface area contributed by atoms with Crippen molar-refractivity contribution in [3.8, 4) is 0 Å². The molecular formula is C12H15N3OS. The number of rotatable bonds is 3. The van der Waals surface area contributed by atoms with Crippen molar-refractivity contribution < 1.29 is 4.52 Å². The van der Waals surface area contributed by atoms with Crippen molar-refractivity contribution in [1.29, 1.82) is 0 Å². The third-order valence-corrected chi connectivity index (χ3v) is 4.12. The number of nitrogens with one attached hydrogen (secondary N) is 1. The van der Waals surface area contributed by atoms with Crippen LogP contribution in [0.4, 0.5) is 0 Å². The molecule has 3 rings (SSSR count). The largest absolute Gasteiger partial charge is 0.339 e. The zero-order valence-electron chi connectivity index (χ0n) is 9.72. The number of aromatic nitrogens is 2. The highest BCUT2D eigenvalue weighted by atomic mass is 32.1. The van der Waals surface area contributed by atoms with Gasteiger partial charge < -0.3 is 9.84 Å². The van der Waals surface area contributed by atoms with E-state index in [9.17, 15) is 0 Å². The summed E-state index contributed by atoms with van der Waals surface area (Å²) in [6.07, 6.45) is 1.86. The second kappa shape index (κ2) is 4.58. The molecule has 90 valence electrons. The van der Waals surface area contributed by atoms with Crippen LogP contribution in [0.5, 0.6) is 0 Å². The van der Waals surface area contributed by atoms with Crippen LogP contribution in [0.15, 0.2) is 22.0 Å². The fraction of sp³-hybridized carbons (Fsp3) is 0.500. The summed E-state index contributed by atoms with van der Waals surface area (Å²) in [5.41, 5.74) is 0. The summed E-state index contributed by atoms with van der Waals surface area (Å²) in [6.45, 7) is 3.20. The molecule has 1 N–H and O–H groups in total. The number of hydrogen-bond donors (Lipinski definition) is 1. The van der Waals surface area contributed by atoms with Crippen LogP contribution < -0.4 is 5.32 Å². The first kappa shape index (κ1) is 10.9. The third kappa shape index (κ3) is 2.25. The molecule has 0 saturated carbocycles. The lowest BCUT2D eigenvalue weighted by molar-refractivity contribution is 0.342. The average Bonchev–Trinajstić information content (AvgIpc) is 3.00. The fourth-order valence-electron chi connectivity index (χ4n) is 2.25. The fourth-order valence-corrected chi connectivity index (χ4v) is 2.96. The lowest BCUT2D eigenvalue weighted by atomic mass is 10.0. The molecule has 0 amide bonds. The third-order valence-electron chi connectivity index (χ3n) is 3.24. The Morgan fingerprint density at radius 2 is 2.53 bits per heavy atom. The number of thiophene rings is 1. The van der Waals surface area contributed by atoms with Gasteiger partial charge in [0.15, 0.2) is 5.82 Å². The van der Waals surface area contributed by atoms with Crippen molar-refractivity contribution in [3.63, 3.8) is 0 Å². The van der Waals surface area contributed by atoms with Crippen LogP contribution in [-0.4, -0.2) is 22.7 Å². The van der Waals surface area contributed by atoms with Crippen LogP contribution in [-0.2, 0) is 6.42 Å². The highest BCUT2D eigenvalue weighted by Crippen LogP contribution is 2.26. The SMILES string of the molecule is CC1NCCC1c1nc(Cc2cccs2)no1. The van der Waals surface area contributed by atoms with E-state index in [4.69, 9.17) is 4.52 Å². The Morgan fingerprint density at radius 1 is 1.59 bits per heavy atom. The minimum absolute atomic E-state index is 0.375. The van der Waals surface area contributed by atoms with Crippen molar-refractivity contribution in [2.45, 2.75) is 31.7 Å². The zero-order chi connectivity index (χ0) is 11.7. The van der Waals surface area contributed by atoms with Crippen molar-refractivity contribution in [2.75, 3.05) is 6.54 Å². The first-order valence-corrected chi connectivity index (χ1v) is 6.79. The highest BCUT2D eigenvalue weighted by molar-refractivity contribution is 7.09. The van der Waals surface area contributed by atoms with Gasteiger partial charge in [-0.25, -0.2) is 0 Å². The van der Waals surface area contributed by atoms with Crippen molar-refractivity contribution in [2.24, 2.45) is 0 Å². The van der Waals surface area contributed by atoms with Crippen LogP contribution in [0, 0.1) is 0 Å². The second-order valence-corrected chi connectivity index (χ2v) is 5.48. The van der Waals surface area contributed by atoms with E-state index in [0.717, 1.165) is 31.1 Å². The molecule has 4 nitrogen and oxygen atoms in total. The molecule has 2 aromatic rings. The molecule has 2 unspecified atom stereocenters. The molecule has 2 aromatic heterocycles. The highest BCUT2D eigenvalue weighted by Gasteiger charge is 2.29. The monoisotopic (exact) mass is 249 g/mol. The van der Waals surface area contributed by atoms with Gasteiger partial charge in [-0.2, -0.15) is 4.98 Å². The quantitative estimate of drug-likeness (QED) is 0.906. The molecule has 5 heteroatoms. The zero-order valence-corrected chi connectivity index (χ0v) is 10.5. The Bertz CT molecular complexity index is 480. The smallest absolute Gasteiger partial charge is 0.231 e. The van der Waals surface area contributed by atoms with Crippen molar-refractivity contribution >= 4 is 11.3 Å². The maximum Gasteiger partial charge on any atom is 0.231 e. The van der Waals surface area contributed by atoms with E-state index in [2.05, 4.69) is 33.8 Å². The van der Waals surface area contributed by atoms with Gasteiger partial charge in [0.1, 0.15) is 0 Å². The van der Waals surface area contributed by atoms with Crippen LogP contribution >= 0.6 is 11.3 Å². The van der Waals surface area contributed by atoms with Gasteiger partial charge in [-0.3, -0.25) is 0 Å². The van der Waals surface area contributed by atoms with Gasteiger partial charge in [-0.15, -0.1) is 11.3 Å². The van der Waals surface area contributed by atoms with Gasteiger partial charge >= 0.3 is 0 Å². The summed E-state index contributed by atoms with van der Waals surface area (Å²) in [4.78, 5) is 5.78. The van der Waals surface area contributed by atoms with E-state index in [0.29, 0.717) is 12.0 Å². The molecule has 2 atom stereocenters. The predicted octanol–water partition coefficient (Wildman–Crippen LogP) is 2.19. The molecule has 17 heavy (non-hydrogen) atoms. The van der Waals surface area contributed by atoms with Gasteiger partial charge in [-0.05, 0) is 31.3 Å². The molecule has 0 spiro atoms. The number of nitrogens with zero attached hydrogens (tertiary/aromatic N) is 2. The van der Waals surface area contributed by atoms with Gasteiger partial charge in [0.25, 0.3) is 0 Å². The van der Waals surface area contributed by atoms with Crippen molar-refractivity contribution in [1.82, 2.24) is 15.5 Å². The van der Waals surface area contributed by atoms with E-state index >= 15 is 0 Å². The van der Waals surface area contributed by atoms with Crippen LogP contribution in [0.2, 0.25) is 0 Å². The molecule has 0 bridgehead atoms. The first-order chi connectivity index (χ1) is 8.33. The van der Waals surface area contributed by atoms with E-state index < -0.39 is 0 Å². The Morgan fingerprint density at radius 3 is 3.24 bits per heavy atom. The maximum atomic E-state index is 5.37. The minimum Gasteiger partial charge on any atom is -0.339 e. The lowest BCUT2D eigenvalue weighted by Gasteiger charge is -2.08. The molecule has 3 heterocycles. The summed E-state index contributed by atoms with van der Waals surface area (Å²) in [5, 5.41) is 9.53. The van der Waals surface area contributed by atoms with Gasteiger partial charge in [0.2, 0.25) is 5.89 Å². The van der Waals surface area contributed by atoms with Gasteiger partial charge in [-0.1, -0.05) is 11.2 Å². The second-order valence-electron chi connectivity index (χ2n) is 4.44. The minimum atomic E-state index is 0.375. The Labute approximate surface area is 104 Å². The Hall–Kier alpha value is -1.20. The Kier molecular flexibility index (Phi) is 2.94. The molecule has 1 aliphatic rings. The summed E-state index contributed by atoms with van der Waals surface area (Å²) < 4.78 is 5.37. The van der Waals surface area contributed by atoms with Crippen molar-refractivity contribution in [3.05, 3.63) is 34.1 Å². The Balaban J connectivity index is 1.74. The lowest BCUT2D eigenvalue weighted by Crippen LogP contribution is -2.21. The molecule has 1 saturated heterocycles. The molecule has 0 aliphatic carbocycles. The van der Waals surface area contributed by atoms with E-state index in [1.165, 1.54) is 4.88 Å². The first-order valence-electron chi connectivity index (χ1n) is 5.91. The predicted molar refractivity (Wildman–Crippen MR) is 66.2 cm³/mol. The number of hydrogen-bond acceptors (Lipinski definition) is 5. The van der Waals surface area contributed by atoms with Crippen LogP contribution in [0.25, 0.3) is 0 Å². The van der Waals surface area contributed by atoms with E-state index in [-0.39, 0.29) is 0 Å². The molecule has 0 radical (unpaired) electrons. The standard InChI is InChI=1S/C12H15N3OS/c1-8-10(4-5-13-8)12-14-11(15-16-12)7-9-3-2-6-17-9/h2-3,6,8,10,13H,4-5,7H2,1H3. The normalized spacial score (nSPS) is 24.3. The summed E-state index contributed by atoms with van der Waals surface area (Å²) in [5.74, 6) is 1.95. The maximum absolute atomic E-state index is 5.37. The topological polar surface area (TPSA) is 51.0 Å².